The fourth-order valence-electron chi connectivity index (χ4n) is 2.91. The van der Waals surface area contributed by atoms with Crippen LogP contribution in [0.15, 0.2) is 12.3 Å². The summed E-state index contributed by atoms with van der Waals surface area (Å²) in [5.41, 5.74) is 6.80. The summed E-state index contributed by atoms with van der Waals surface area (Å²) in [5, 5.41) is 4.74. The highest BCUT2D eigenvalue weighted by molar-refractivity contribution is 7.80. The van der Waals surface area contributed by atoms with Crippen molar-refractivity contribution < 1.29 is 0 Å². The van der Waals surface area contributed by atoms with E-state index in [1.165, 1.54) is 32.1 Å². The van der Waals surface area contributed by atoms with Gasteiger partial charge in [0.1, 0.15) is 0 Å². The van der Waals surface area contributed by atoms with E-state index in [2.05, 4.69) is 35.8 Å². The van der Waals surface area contributed by atoms with E-state index in [0.717, 1.165) is 18.8 Å². The highest BCUT2D eigenvalue weighted by Gasteiger charge is 2.16. The van der Waals surface area contributed by atoms with E-state index in [4.69, 9.17) is 23.1 Å². The van der Waals surface area contributed by atoms with Crippen LogP contribution in [-0.2, 0) is 6.54 Å². The second kappa shape index (κ2) is 7.18. The monoisotopic (exact) mass is 294 g/mol. The Labute approximate surface area is 127 Å². The molecule has 0 radical (unpaired) electrons. The maximum Gasteiger partial charge on any atom is 0.0768 e. The normalized spacial score (nSPS) is 18.4. The molecule has 0 aliphatic heterocycles. The highest BCUT2D eigenvalue weighted by atomic mass is 32.1. The van der Waals surface area contributed by atoms with Crippen molar-refractivity contribution in [3.8, 4) is 0 Å². The Kier molecular flexibility index (Phi) is 5.54. The molecule has 0 saturated heterocycles. The molecule has 4 nitrogen and oxygen atoms in total. The first kappa shape index (κ1) is 15.4. The fraction of sp³-hybridized carbons (Fsp3) is 0.733. The standard InChI is InChI=1S/C15H26N4S/c1-12(15(16)20)10-18(2)11-13-8-9-19(17-13)14-6-4-3-5-7-14/h8-9,12,14H,3-7,10-11H2,1-2H3,(H2,16,20). The molecule has 0 amide bonds. The molecule has 1 fully saturated rings. The van der Waals surface area contributed by atoms with E-state index in [9.17, 15) is 0 Å². The quantitative estimate of drug-likeness (QED) is 0.820. The van der Waals surface area contributed by atoms with Crippen molar-refractivity contribution in [3.05, 3.63) is 18.0 Å². The first-order chi connectivity index (χ1) is 9.56. The van der Waals surface area contributed by atoms with Crippen LogP contribution < -0.4 is 5.73 Å². The van der Waals surface area contributed by atoms with Crippen LogP contribution in [-0.4, -0.2) is 33.3 Å². The lowest BCUT2D eigenvalue weighted by atomic mass is 9.96. The second-order valence-corrected chi connectivity index (χ2v) is 6.55. The predicted octanol–water partition coefficient (Wildman–Crippen LogP) is 2.74. The SMILES string of the molecule is CC(CN(C)Cc1ccn(C2CCCCC2)n1)C(N)=S. The van der Waals surface area contributed by atoms with Crippen LogP contribution in [0.1, 0.15) is 50.8 Å². The van der Waals surface area contributed by atoms with Crippen LogP contribution in [0.5, 0.6) is 0 Å². The minimum Gasteiger partial charge on any atom is -0.393 e. The molecular weight excluding hydrogens is 268 g/mol. The van der Waals surface area contributed by atoms with E-state index in [-0.39, 0.29) is 5.92 Å². The van der Waals surface area contributed by atoms with Crippen LogP contribution in [0.25, 0.3) is 0 Å². The molecule has 0 bridgehead atoms. The molecule has 1 aromatic rings. The van der Waals surface area contributed by atoms with Gasteiger partial charge in [-0.15, -0.1) is 0 Å². The lowest BCUT2D eigenvalue weighted by molar-refractivity contribution is 0.295. The van der Waals surface area contributed by atoms with Crippen LogP contribution in [0.2, 0.25) is 0 Å². The van der Waals surface area contributed by atoms with Gasteiger partial charge >= 0.3 is 0 Å². The molecule has 1 aliphatic rings. The molecule has 2 N–H and O–H groups in total. The molecule has 1 aromatic heterocycles. The zero-order valence-electron chi connectivity index (χ0n) is 12.6. The summed E-state index contributed by atoms with van der Waals surface area (Å²) < 4.78 is 2.17. The summed E-state index contributed by atoms with van der Waals surface area (Å²) in [6.45, 7) is 3.80. The summed E-state index contributed by atoms with van der Waals surface area (Å²) in [6.07, 6.45) is 8.74. The third-order valence-corrected chi connectivity index (χ3v) is 4.52. The summed E-state index contributed by atoms with van der Waals surface area (Å²) in [6, 6.07) is 2.75. The van der Waals surface area contributed by atoms with Crippen LogP contribution >= 0.6 is 12.2 Å². The molecule has 20 heavy (non-hydrogen) atoms. The predicted molar refractivity (Wildman–Crippen MR) is 86.6 cm³/mol. The van der Waals surface area contributed by atoms with E-state index >= 15 is 0 Å². The Morgan fingerprint density at radius 3 is 2.85 bits per heavy atom. The Balaban J connectivity index is 1.87. The minimum atomic E-state index is 0.246. The zero-order chi connectivity index (χ0) is 14.5. The van der Waals surface area contributed by atoms with Crippen molar-refractivity contribution in [3.63, 3.8) is 0 Å². The van der Waals surface area contributed by atoms with Gasteiger partial charge in [-0.1, -0.05) is 38.4 Å². The van der Waals surface area contributed by atoms with Gasteiger partial charge < -0.3 is 5.73 Å². The number of nitrogens with zero attached hydrogens (tertiary/aromatic N) is 3. The van der Waals surface area contributed by atoms with Gasteiger partial charge in [0.2, 0.25) is 0 Å². The lowest BCUT2D eigenvalue weighted by Gasteiger charge is -2.22. The maximum absolute atomic E-state index is 5.66. The molecule has 1 aliphatic carbocycles. The molecule has 2 rings (SSSR count). The molecule has 1 heterocycles. The summed E-state index contributed by atoms with van der Waals surface area (Å²) in [4.78, 5) is 2.82. The van der Waals surface area contributed by atoms with Crippen molar-refractivity contribution in [2.75, 3.05) is 13.6 Å². The van der Waals surface area contributed by atoms with Gasteiger partial charge in [0, 0.05) is 25.2 Å². The van der Waals surface area contributed by atoms with E-state index in [1.807, 2.05) is 0 Å². The van der Waals surface area contributed by atoms with Gasteiger partial charge in [-0.3, -0.25) is 9.58 Å². The van der Waals surface area contributed by atoms with Gasteiger partial charge in [0.05, 0.1) is 16.7 Å². The van der Waals surface area contributed by atoms with E-state index in [0.29, 0.717) is 11.0 Å². The average molecular weight is 294 g/mol. The topological polar surface area (TPSA) is 47.1 Å². The number of aromatic nitrogens is 2. The van der Waals surface area contributed by atoms with E-state index < -0.39 is 0 Å². The smallest absolute Gasteiger partial charge is 0.0768 e. The third-order valence-electron chi connectivity index (χ3n) is 4.12. The number of hydrogen-bond acceptors (Lipinski definition) is 3. The number of thiocarbonyl (C=S) groups is 1. The zero-order valence-corrected chi connectivity index (χ0v) is 13.4. The van der Waals surface area contributed by atoms with Crippen molar-refractivity contribution in [2.45, 2.75) is 51.6 Å². The van der Waals surface area contributed by atoms with Gasteiger partial charge in [-0.05, 0) is 26.0 Å². The number of nitrogens with two attached hydrogens (primary N) is 1. The number of rotatable bonds is 6. The second-order valence-electron chi connectivity index (χ2n) is 6.08. The van der Waals surface area contributed by atoms with Crippen LogP contribution in [0.3, 0.4) is 0 Å². The highest BCUT2D eigenvalue weighted by Crippen LogP contribution is 2.27. The minimum absolute atomic E-state index is 0.246. The van der Waals surface area contributed by atoms with Gasteiger partial charge in [0.25, 0.3) is 0 Å². The molecule has 1 saturated carbocycles. The lowest BCUT2D eigenvalue weighted by Crippen LogP contribution is -2.31. The van der Waals surface area contributed by atoms with Crippen molar-refractivity contribution >= 4 is 17.2 Å². The first-order valence-electron chi connectivity index (χ1n) is 7.58. The Bertz CT molecular complexity index is 437. The van der Waals surface area contributed by atoms with Crippen LogP contribution in [0.4, 0.5) is 0 Å². The van der Waals surface area contributed by atoms with Gasteiger partial charge in [-0.2, -0.15) is 5.10 Å². The Morgan fingerprint density at radius 2 is 2.20 bits per heavy atom. The molecule has 0 aromatic carbocycles. The Hall–Kier alpha value is -0.940. The summed E-state index contributed by atoms with van der Waals surface area (Å²) in [5.74, 6) is 0.246. The van der Waals surface area contributed by atoms with Gasteiger partial charge in [0.15, 0.2) is 0 Å². The largest absolute Gasteiger partial charge is 0.393 e. The van der Waals surface area contributed by atoms with Crippen molar-refractivity contribution in [1.29, 1.82) is 0 Å². The van der Waals surface area contributed by atoms with Crippen LogP contribution in [0, 0.1) is 5.92 Å². The van der Waals surface area contributed by atoms with Gasteiger partial charge in [-0.25, -0.2) is 0 Å². The van der Waals surface area contributed by atoms with Crippen molar-refractivity contribution in [1.82, 2.24) is 14.7 Å². The first-order valence-corrected chi connectivity index (χ1v) is 7.99. The molecule has 1 unspecified atom stereocenters. The van der Waals surface area contributed by atoms with Crippen molar-refractivity contribution in [2.24, 2.45) is 11.7 Å². The Morgan fingerprint density at radius 1 is 1.50 bits per heavy atom. The maximum atomic E-state index is 5.66. The molecule has 1 atom stereocenters. The average Bonchev–Trinajstić information content (AvgIpc) is 2.88. The summed E-state index contributed by atoms with van der Waals surface area (Å²) >= 11 is 5.02. The third kappa shape index (κ3) is 4.28. The summed E-state index contributed by atoms with van der Waals surface area (Å²) in [7, 11) is 2.09. The fourth-order valence-corrected chi connectivity index (χ4v) is 2.98. The number of hydrogen-bond donors (Lipinski definition) is 1. The molecule has 5 heteroatoms. The van der Waals surface area contributed by atoms with E-state index in [1.54, 1.807) is 0 Å². The molecule has 0 spiro atoms. The molecule has 112 valence electrons. The molecular formula is C15H26N4S.